The van der Waals surface area contributed by atoms with E-state index in [0.29, 0.717) is 6.42 Å². The van der Waals surface area contributed by atoms with E-state index < -0.39 is 0 Å². The SMILES string of the molecule is CCn1ncc(Br)c1C(N)Cc1ccccc1OC. The van der Waals surface area contributed by atoms with Crippen molar-refractivity contribution in [3.63, 3.8) is 0 Å². The summed E-state index contributed by atoms with van der Waals surface area (Å²) in [6.07, 6.45) is 2.51. The quantitative estimate of drug-likeness (QED) is 0.920. The fraction of sp³-hybridized carbons (Fsp3) is 0.357. The van der Waals surface area contributed by atoms with Crippen molar-refractivity contribution in [1.29, 1.82) is 0 Å². The Morgan fingerprint density at radius 3 is 2.84 bits per heavy atom. The number of rotatable bonds is 5. The summed E-state index contributed by atoms with van der Waals surface area (Å²) in [7, 11) is 1.68. The van der Waals surface area contributed by atoms with E-state index in [-0.39, 0.29) is 6.04 Å². The minimum Gasteiger partial charge on any atom is -0.496 e. The average molecular weight is 324 g/mol. The number of ether oxygens (including phenoxy) is 1. The van der Waals surface area contributed by atoms with Crippen LogP contribution in [0.5, 0.6) is 5.75 Å². The number of nitrogens with zero attached hydrogens (tertiary/aromatic N) is 2. The maximum absolute atomic E-state index is 6.33. The molecule has 0 aliphatic heterocycles. The second kappa shape index (κ2) is 6.21. The third kappa shape index (κ3) is 2.98. The first kappa shape index (κ1) is 14.1. The zero-order valence-corrected chi connectivity index (χ0v) is 12.7. The molecule has 0 saturated carbocycles. The van der Waals surface area contributed by atoms with E-state index in [4.69, 9.17) is 10.5 Å². The molecule has 2 N–H and O–H groups in total. The molecule has 1 aromatic heterocycles. The molecule has 0 amide bonds. The largest absolute Gasteiger partial charge is 0.496 e. The number of aryl methyl sites for hydroxylation is 1. The molecule has 0 aliphatic carbocycles. The number of aromatic nitrogens is 2. The van der Waals surface area contributed by atoms with Gasteiger partial charge in [0.2, 0.25) is 0 Å². The van der Waals surface area contributed by atoms with Gasteiger partial charge in [-0.2, -0.15) is 5.10 Å². The van der Waals surface area contributed by atoms with Gasteiger partial charge in [-0.05, 0) is 40.9 Å². The first-order valence-electron chi connectivity index (χ1n) is 6.26. The van der Waals surface area contributed by atoms with Crippen molar-refractivity contribution in [3.8, 4) is 5.75 Å². The number of hydrogen-bond acceptors (Lipinski definition) is 3. The highest BCUT2D eigenvalue weighted by atomic mass is 79.9. The summed E-state index contributed by atoms with van der Waals surface area (Å²) in [6.45, 7) is 2.86. The Morgan fingerprint density at radius 1 is 1.42 bits per heavy atom. The topological polar surface area (TPSA) is 53.1 Å². The highest BCUT2D eigenvalue weighted by Crippen LogP contribution is 2.27. The third-order valence-electron chi connectivity index (χ3n) is 3.12. The standard InChI is InChI=1S/C14H18BrN3O/c1-3-18-14(11(15)9-17-18)12(16)8-10-6-4-5-7-13(10)19-2/h4-7,9,12H,3,8,16H2,1-2H3. The van der Waals surface area contributed by atoms with Crippen LogP contribution in [0.3, 0.4) is 0 Å². The molecule has 0 radical (unpaired) electrons. The summed E-state index contributed by atoms with van der Waals surface area (Å²) in [5.41, 5.74) is 8.45. The number of hydrogen-bond donors (Lipinski definition) is 1. The van der Waals surface area contributed by atoms with Crippen LogP contribution in [0.25, 0.3) is 0 Å². The Bertz CT molecular complexity index is 553. The van der Waals surface area contributed by atoms with Crippen molar-refractivity contribution in [2.24, 2.45) is 5.73 Å². The first-order chi connectivity index (χ1) is 9.17. The molecular weight excluding hydrogens is 306 g/mol. The summed E-state index contributed by atoms with van der Waals surface area (Å²) in [4.78, 5) is 0. The molecule has 1 atom stereocenters. The smallest absolute Gasteiger partial charge is 0.122 e. The summed E-state index contributed by atoms with van der Waals surface area (Å²) in [5, 5.41) is 4.30. The summed E-state index contributed by atoms with van der Waals surface area (Å²) in [5.74, 6) is 0.872. The molecule has 1 unspecified atom stereocenters. The molecule has 0 saturated heterocycles. The molecule has 5 heteroatoms. The van der Waals surface area contributed by atoms with Crippen LogP contribution >= 0.6 is 15.9 Å². The van der Waals surface area contributed by atoms with E-state index in [2.05, 4.69) is 28.0 Å². The van der Waals surface area contributed by atoms with E-state index in [1.54, 1.807) is 13.3 Å². The van der Waals surface area contributed by atoms with Gasteiger partial charge in [-0.15, -0.1) is 0 Å². The van der Waals surface area contributed by atoms with Gasteiger partial charge in [0.1, 0.15) is 5.75 Å². The molecule has 0 fully saturated rings. The van der Waals surface area contributed by atoms with Gasteiger partial charge in [0.05, 0.1) is 29.5 Å². The van der Waals surface area contributed by atoms with E-state index in [1.165, 1.54) is 0 Å². The number of methoxy groups -OCH3 is 1. The van der Waals surface area contributed by atoms with Gasteiger partial charge < -0.3 is 10.5 Å². The maximum Gasteiger partial charge on any atom is 0.122 e. The van der Waals surface area contributed by atoms with Crippen molar-refractivity contribution in [2.75, 3.05) is 7.11 Å². The maximum atomic E-state index is 6.33. The van der Waals surface area contributed by atoms with Crippen LogP contribution in [0.15, 0.2) is 34.9 Å². The van der Waals surface area contributed by atoms with Crippen molar-refractivity contribution in [1.82, 2.24) is 9.78 Å². The summed E-state index contributed by atoms with van der Waals surface area (Å²) in [6, 6.07) is 7.83. The Hall–Kier alpha value is -1.33. The second-order valence-corrected chi connectivity index (χ2v) is 5.17. The zero-order valence-electron chi connectivity index (χ0n) is 11.1. The van der Waals surface area contributed by atoms with E-state index in [1.807, 2.05) is 28.9 Å². The van der Waals surface area contributed by atoms with Gasteiger partial charge in [-0.25, -0.2) is 0 Å². The van der Waals surface area contributed by atoms with Crippen molar-refractivity contribution < 1.29 is 4.74 Å². The van der Waals surface area contributed by atoms with Crippen LogP contribution < -0.4 is 10.5 Å². The van der Waals surface area contributed by atoms with Gasteiger partial charge in [0, 0.05) is 6.54 Å². The molecule has 0 aliphatic rings. The normalized spacial score (nSPS) is 12.4. The van der Waals surface area contributed by atoms with Crippen LogP contribution in [0.4, 0.5) is 0 Å². The molecule has 0 spiro atoms. The highest BCUT2D eigenvalue weighted by Gasteiger charge is 2.17. The van der Waals surface area contributed by atoms with Gasteiger partial charge in [0.15, 0.2) is 0 Å². The lowest BCUT2D eigenvalue weighted by atomic mass is 10.0. The highest BCUT2D eigenvalue weighted by molar-refractivity contribution is 9.10. The van der Waals surface area contributed by atoms with E-state index in [0.717, 1.165) is 28.0 Å². The number of halogens is 1. The Balaban J connectivity index is 2.25. The average Bonchev–Trinajstić information content (AvgIpc) is 2.80. The minimum atomic E-state index is -0.117. The fourth-order valence-corrected chi connectivity index (χ4v) is 2.79. The number of nitrogens with two attached hydrogens (primary N) is 1. The van der Waals surface area contributed by atoms with Crippen molar-refractivity contribution >= 4 is 15.9 Å². The van der Waals surface area contributed by atoms with Crippen LogP contribution in [0.1, 0.15) is 24.2 Å². The second-order valence-electron chi connectivity index (χ2n) is 4.32. The minimum absolute atomic E-state index is 0.117. The Labute approximate surface area is 121 Å². The molecule has 19 heavy (non-hydrogen) atoms. The number of benzene rings is 1. The molecule has 102 valence electrons. The lowest BCUT2D eigenvalue weighted by molar-refractivity contribution is 0.407. The molecule has 2 aromatic rings. The molecular formula is C14H18BrN3O. The van der Waals surface area contributed by atoms with Crippen LogP contribution in [0, 0.1) is 0 Å². The number of para-hydroxylation sites is 1. The predicted octanol–water partition coefficient (Wildman–Crippen LogP) is 2.92. The zero-order chi connectivity index (χ0) is 13.8. The van der Waals surface area contributed by atoms with Gasteiger partial charge in [-0.1, -0.05) is 18.2 Å². The monoisotopic (exact) mass is 323 g/mol. The van der Waals surface area contributed by atoms with Crippen LogP contribution in [-0.2, 0) is 13.0 Å². The third-order valence-corrected chi connectivity index (χ3v) is 3.73. The lowest BCUT2D eigenvalue weighted by Crippen LogP contribution is -2.19. The fourth-order valence-electron chi connectivity index (χ4n) is 2.20. The molecule has 0 bridgehead atoms. The predicted molar refractivity (Wildman–Crippen MR) is 79.2 cm³/mol. The van der Waals surface area contributed by atoms with E-state index in [9.17, 15) is 0 Å². The molecule has 4 nitrogen and oxygen atoms in total. The summed E-state index contributed by atoms with van der Waals surface area (Å²) < 4.78 is 8.24. The van der Waals surface area contributed by atoms with Crippen LogP contribution in [-0.4, -0.2) is 16.9 Å². The molecule has 1 heterocycles. The first-order valence-corrected chi connectivity index (χ1v) is 7.05. The van der Waals surface area contributed by atoms with E-state index >= 15 is 0 Å². The molecule has 2 rings (SSSR count). The van der Waals surface area contributed by atoms with Crippen LogP contribution in [0.2, 0.25) is 0 Å². The van der Waals surface area contributed by atoms with Gasteiger partial charge in [0.25, 0.3) is 0 Å². The summed E-state index contributed by atoms with van der Waals surface area (Å²) >= 11 is 3.51. The Morgan fingerprint density at radius 2 is 2.16 bits per heavy atom. The molecule has 1 aromatic carbocycles. The Kier molecular flexibility index (Phi) is 4.61. The van der Waals surface area contributed by atoms with Gasteiger partial charge in [-0.3, -0.25) is 4.68 Å². The van der Waals surface area contributed by atoms with Crippen molar-refractivity contribution in [3.05, 3.63) is 46.2 Å². The lowest BCUT2D eigenvalue weighted by Gasteiger charge is -2.16. The van der Waals surface area contributed by atoms with Gasteiger partial charge >= 0.3 is 0 Å². The van der Waals surface area contributed by atoms with Crippen molar-refractivity contribution in [2.45, 2.75) is 25.9 Å².